The van der Waals surface area contributed by atoms with Crippen LogP contribution in [0.2, 0.25) is 0 Å². The summed E-state index contributed by atoms with van der Waals surface area (Å²) in [4.78, 5) is 35.1. The van der Waals surface area contributed by atoms with Gasteiger partial charge in [0.1, 0.15) is 0 Å². The number of aromatic carboxylic acids is 2. The highest BCUT2D eigenvalue weighted by Gasteiger charge is 2.14. The van der Waals surface area contributed by atoms with Gasteiger partial charge in [-0.1, -0.05) is 30.4 Å². The third-order valence-electron chi connectivity index (χ3n) is 4.58. The molecule has 156 valence electrons. The van der Waals surface area contributed by atoms with Crippen LogP contribution in [-0.2, 0) is 0 Å². The highest BCUT2D eigenvalue weighted by atomic mass is 16.4. The van der Waals surface area contributed by atoms with Gasteiger partial charge >= 0.3 is 11.9 Å². The van der Waals surface area contributed by atoms with E-state index in [9.17, 15) is 19.5 Å². The molecule has 0 radical (unpaired) electrons. The van der Waals surface area contributed by atoms with E-state index in [4.69, 9.17) is 5.11 Å². The van der Waals surface area contributed by atoms with Gasteiger partial charge in [-0.15, -0.1) is 0 Å². The van der Waals surface area contributed by atoms with E-state index < -0.39 is 17.8 Å². The molecule has 3 aromatic carbocycles. The Morgan fingerprint density at radius 3 is 1.90 bits per heavy atom. The molecule has 7 heteroatoms. The Hall–Kier alpha value is -4.39. The molecule has 1 amide bonds. The molecule has 0 heterocycles. The fourth-order valence-corrected chi connectivity index (χ4v) is 2.86. The Bertz CT molecular complexity index is 1150. The first-order valence-electron chi connectivity index (χ1n) is 9.35. The molecule has 4 N–H and O–H groups in total. The number of rotatable bonds is 7. The molecule has 0 aliphatic heterocycles. The van der Waals surface area contributed by atoms with E-state index in [1.807, 2.05) is 0 Å². The van der Waals surface area contributed by atoms with Crippen LogP contribution >= 0.6 is 0 Å². The molecule has 0 saturated heterocycles. The van der Waals surface area contributed by atoms with Crippen LogP contribution in [0.1, 0.15) is 42.2 Å². The van der Waals surface area contributed by atoms with Gasteiger partial charge in [0, 0.05) is 18.3 Å². The Morgan fingerprint density at radius 2 is 1.32 bits per heavy atom. The Kier molecular flexibility index (Phi) is 6.47. The third-order valence-corrected chi connectivity index (χ3v) is 4.58. The highest BCUT2D eigenvalue weighted by molar-refractivity contribution is 6.08. The normalized spacial score (nSPS) is 10.6. The summed E-state index contributed by atoms with van der Waals surface area (Å²) in [5.74, 6) is -2.58. The second kappa shape index (κ2) is 9.41. The van der Waals surface area contributed by atoms with Gasteiger partial charge in [-0.05, 0) is 59.7 Å². The first-order valence-corrected chi connectivity index (χ1v) is 9.35. The van der Waals surface area contributed by atoms with Crippen LogP contribution in [0.25, 0.3) is 12.2 Å². The predicted octanol–water partition coefficient (Wildman–Crippen LogP) is 4.55. The van der Waals surface area contributed by atoms with Crippen LogP contribution in [0.5, 0.6) is 0 Å². The average molecular weight is 416 g/mol. The van der Waals surface area contributed by atoms with E-state index >= 15 is 0 Å². The predicted molar refractivity (Wildman–Crippen MR) is 120 cm³/mol. The second-order valence-corrected chi connectivity index (χ2v) is 6.65. The molecular formula is C24H20N2O5. The lowest BCUT2D eigenvalue weighted by Crippen LogP contribution is -2.15. The fraction of sp³-hybridized carbons (Fsp3) is 0.0417. The minimum absolute atomic E-state index is 0.0384. The van der Waals surface area contributed by atoms with Gasteiger partial charge in [0.15, 0.2) is 0 Å². The van der Waals surface area contributed by atoms with E-state index in [1.165, 1.54) is 24.3 Å². The SMILES string of the molecule is CNc1ccc(C(=O)Nc2ccc(C=Cc3ccc(C(=O)O)cc3)cc2C(=O)O)cc1. The maximum atomic E-state index is 12.5. The number of nitrogens with one attached hydrogen (secondary N) is 2. The van der Waals surface area contributed by atoms with Gasteiger partial charge in [0.25, 0.3) is 5.91 Å². The van der Waals surface area contributed by atoms with Gasteiger partial charge in [0.05, 0.1) is 16.8 Å². The summed E-state index contributed by atoms with van der Waals surface area (Å²) in [6, 6.07) is 17.8. The first kappa shape index (κ1) is 21.3. The summed E-state index contributed by atoms with van der Waals surface area (Å²) in [5.41, 5.74) is 2.99. The quantitative estimate of drug-likeness (QED) is 0.420. The average Bonchev–Trinajstić information content (AvgIpc) is 2.78. The fourth-order valence-electron chi connectivity index (χ4n) is 2.86. The molecule has 0 aliphatic carbocycles. The Morgan fingerprint density at radius 1 is 0.742 bits per heavy atom. The first-order chi connectivity index (χ1) is 14.9. The van der Waals surface area contributed by atoms with Crippen molar-refractivity contribution < 1.29 is 24.6 Å². The molecule has 0 fully saturated rings. The molecule has 0 atom stereocenters. The zero-order valence-corrected chi connectivity index (χ0v) is 16.6. The van der Waals surface area contributed by atoms with Crippen LogP contribution in [0.3, 0.4) is 0 Å². The van der Waals surface area contributed by atoms with Crippen molar-refractivity contribution in [1.29, 1.82) is 0 Å². The lowest BCUT2D eigenvalue weighted by molar-refractivity contribution is 0.0686. The van der Waals surface area contributed by atoms with Crippen LogP contribution < -0.4 is 10.6 Å². The van der Waals surface area contributed by atoms with Crippen LogP contribution in [0, 0.1) is 0 Å². The van der Waals surface area contributed by atoms with Crippen LogP contribution in [-0.4, -0.2) is 35.1 Å². The molecule has 3 rings (SSSR count). The van der Waals surface area contributed by atoms with E-state index in [-0.39, 0.29) is 16.8 Å². The van der Waals surface area contributed by atoms with Crippen molar-refractivity contribution in [3.05, 3.63) is 94.5 Å². The Labute approximate surface area is 178 Å². The third kappa shape index (κ3) is 5.36. The number of anilines is 2. The molecule has 31 heavy (non-hydrogen) atoms. The molecule has 7 nitrogen and oxygen atoms in total. The van der Waals surface area contributed by atoms with Gasteiger partial charge in [-0.2, -0.15) is 0 Å². The van der Waals surface area contributed by atoms with E-state index in [2.05, 4.69) is 10.6 Å². The van der Waals surface area contributed by atoms with Crippen molar-refractivity contribution in [2.45, 2.75) is 0 Å². The van der Waals surface area contributed by atoms with Crippen molar-refractivity contribution in [2.24, 2.45) is 0 Å². The standard InChI is InChI=1S/C24H20N2O5/c1-25-19-11-9-17(10-12-19)22(27)26-21-13-6-16(14-20(21)24(30)31)3-2-15-4-7-18(8-5-15)23(28)29/h2-14,25H,1H3,(H,26,27)(H,28,29)(H,30,31). The largest absolute Gasteiger partial charge is 0.478 e. The number of hydrogen-bond acceptors (Lipinski definition) is 4. The molecule has 0 aliphatic rings. The highest BCUT2D eigenvalue weighted by Crippen LogP contribution is 2.21. The molecule has 0 spiro atoms. The summed E-state index contributed by atoms with van der Waals surface area (Å²) in [6.07, 6.45) is 3.46. The summed E-state index contributed by atoms with van der Waals surface area (Å²) >= 11 is 0. The lowest BCUT2D eigenvalue weighted by atomic mass is 10.1. The number of carbonyl (C=O) groups excluding carboxylic acids is 1. The van der Waals surface area contributed by atoms with E-state index in [1.54, 1.807) is 61.7 Å². The van der Waals surface area contributed by atoms with Crippen LogP contribution in [0.15, 0.2) is 66.7 Å². The number of hydrogen-bond donors (Lipinski definition) is 4. The van der Waals surface area contributed by atoms with E-state index in [0.717, 1.165) is 11.3 Å². The minimum Gasteiger partial charge on any atom is -0.478 e. The lowest BCUT2D eigenvalue weighted by Gasteiger charge is -2.10. The van der Waals surface area contributed by atoms with Gasteiger partial charge in [-0.3, -0.25) is 4.79 Å². The van der Waals surface area contributed by atoms with Crippen molar-refractivity contribution in [1.82, 2.24) is 0 Å². The molecule has 0 unspecified atom stereocenters. The maximum Gasteiger partial charge on any atom is 0.337 e. The monoisotopic (exact) mass is 416 g/mol. The zero-order chi connectivity index (χ0) is 22.4. The molecular weight excluding hydrogens is 396 g/mol. The number of benzene rings is 3. The summed E-state index contributed by atoms with van der Waals surface area (Å²) in [5, 5.41) is 24.1. The minimum atomic E-state index is -1.16. The van der Waals surface area contributed by atoms with Crippen molar-refractivity contribution >= 4 is 41.4 Å². The topological polar surface area (TPSA) is 116 Å². The summed E-state index contributed by atoms with van der Waals surface area (Å²) < 4.78 is 0. The summed E-state index contributed by atoms with van der Waals surface area (Å²) in [7, 11) is 1.77. The molecule has 3 aromatic rings. The van der Waals surface area contributed by atoms with E-state index in [0.29, 0.717) is 11.1 Å². The number of carbonyl (C=O) groups is 3. The number of carboxylic acids is 2. The van der Waals surface area contributed by atoms with Gasteiger partial charge < -0.3 is 20.8 Å². The van der Waals surface area contributed by atoms with Crippen molar-refractivity contribution in [2.75, 3.05) is 17.7 Å². The van der Waals surface area contributed by atoms with Crippen LogP contribution in [0.4, 0.5) is 11.4 Å². The molecule has 0 saturated carbocycles. The molecule has 0 aromatic heterocycles. The summed E-state index contributed by atoms with van der Waals surface area (Å²) in [6.45, 7) is 0. The zero-order valence-electron chi connectivity index (χ0n) is 16.6. The van der Waals surface area contributed by atoms with Crippen molar-refractivity contribution in [3.8, 4) is 0 Å². The number of carboxylic acid groups (broad SMARTS) is 2. The van der Waals surface area contributed by atoms with Gasteiger partial charge in [0.2, 0.25) is 0 Å². The number of amides is 1. The second-order valence-electron chi connectivity index (χ2n) is 6.65. The maximum absolute atomic E-state index is 12.5. The Balaban J connectivity index is 1.79. The van der Waals surface area contributed by atoms with Crippen molar-refractivity contribution in [3.63, 3.8) is 0 Å². The molecule has 0 bridgehead atoms. The van der Waals surface area contributed by atoms with Gasteiger partial charge in [-0.25, -0.2) is 9.59 Å². The smallest absolute Gasteiger partial charge is 0.337 e.